The van der Waals surface area contributed by atoms with Crippen molar-refractivity contribution in [1.29, 1.82) is 0 Å². The Kier molecular flexibility index (Phi) is 16.1. The van der Waals surface area contributed by atoms with Crippen molar-refractivity contribution < 1.29 is 0 Å². The van der Waals surface area contributed by atoms with E-state index < -0.39 is 0 Å². The van der Waals surface area contributed by atoms with Gasteiger partial charge in [0.05, 0.1) is 51.0 Å². The van der Waals surface area contributed by atoms with Crippen LogP contribution in [-0.4, -0.2) is 123 Å². The Balaban J connectivity index is 0.000000134. The Morgan fingerprint density at radius 3 is 0.951 bits per heavy atom. The Hall–Kier alpha value is -15.3. The van der Waals surface area contributed by atoms with Crippen LogP contribution in [0.4, 0.5) is 0 Å². The Bertz CT molecular complexity index is 6750. The SMILES string of the molecule is C1=CB2N(C=C1)B1C=CC=CN1B1C=CC(c3cnc4c(n3)-c3ccccc3-c3ccc(-n5c6ccccc6c6ccccc65)cc3-c3ccccc3-4)=CN1B1C=CC=CN21.C1=CB2N(C=C1)B1C=CC=CN1B1C=CC(c3ncc4c(n3)-c3ccccc3-c3ccc(-n5c6ccccc6c6ccccc65)cc3-c3ccccc3-4)=CN1B1C=CC=CN21. The van der Waals surface area contributed by atoms with Gasteiger partial charge in [-0.15, -0.1) is 0 Å². The number of fused-ring (bicyclic) bond motifs is 38. The molecule has 10 aromatic carbocycles. The van der Waals surface area contributed by atoms with Crippen LogP contribution in [0.3, 0.4) is 0 Å². The summed E-state index contributed by atoms with van der Waals surface area (Å²) in [6.07, 6.45) is 52.0. The van der Waals surface area contributed by atoms with E-state index in [2.05, 4.69) is 460 Å². The molecular formula is C100H70B8N14. The van der Waals surface area contributed by atoms with Gasteiger partial charge in [-0.3, -0.25) is 4.98 Å². The van der Waals surface area contributed by atoms with Gasteiger partial charge < -0.3 is 46.9 Å². The van der Waals surface area contributed by atoms with Gasteiger partial charge in [-0.2, -0.15) is 0 Å². The molecule has 0 bridgehead atoms. The highest BCUT2D eigenvalue weighted by atomic mass is 15.3. The summed E-state index contributed by atoms with van der Waals surface area (Å²) < 4.78 is 24.3. The number of nitrogens with zero attached hydrogens (tertiary/aromatic N) is 14. The van der Waals surface area contributed by atoms with Crippen LogP contribution in [-0.2, 0) is 0 Å². The molecule has 14 heterocycles. The average Bonchev–Trinajstić information content (AvgIpc) is 1.75. The number of aromatic nitrogens is 6. The normalized spacial score (nSPS) is 16.6. The third-order valence-electron chi connectivity index (χ3n) is 26.0. The standard InChI is InChI=1S/2C50H35B4N7/c1-4-20-44-38(15-1)40-24-23-37(61-47-21-7-5-17-41(47)42-18-6-8-22-48(42)61)33-45(40)39-16-2-3-19-43(39)49-50(44)56-46(34-55-49)36-25-29-54-59-32-13-10-27-52(59)57-30-12-9-26-51(57)58-31-14-11-28-53(58)60(54)35-36;1-2-17-40-39(16-1)45-33-37(61-47-21-7-5-18-42(47)43-19-6-8-22-48(43)61)23-24-41(45)38-15-3-4-20-44(38)49-46(40)34-55-50(56-49)36-25-29-54-59-32-13-10-27-52(59)57-30-12-9-26-51(57)58-31-14-11-28-53(58)60(54)35-36/h2*1-35H. The second-order valence-corrected chi connectivity index (χ2v) is 32.4. The van der Waals surface area contributed by atoms with Crippen molar-refractivity contribution in [3.05, 3.63) is 437 Å². The summed E-state index contributed by atoms with van der Waals surface area (Å²) >= 11 is 0. The minimum atomic E-state index is -0.0419. The zero-order valence-corrected chi connectivity index (χ0v) is 66.3. The van der Waals surface area contributed by atoms with Gasteiger partial charge in [0.2, 0.25) is 0 Å². The molecule has 0 saturated carbocycles. The number of allylic oxidation sites excluding steroid dienone is 16. The molecule has 0 amide bonds. The van der Waals surface area contributed by atoms with Crippen LogP contribution in [0.15, 0.2) is 425 Å². The first-order chi connectivity index (χ1) is 60.6. The van der Waals surface area contributed by atoms with Gasteiger partial charge in [0.15, 0.2) is 5.82 Å². The first kappa shape index (κ1) is 69.8. The molecule has 14 aromatic rings. The fraction of sp³-hybridized carbons (Fsp3) is 0. The molecule has 0 spiro atoms. The van der Waals surface area contributed by atoms with E-state index >= 15 is 0 Å². The lowest BCUT2D eigenvalue weighted by Crippen LogP contribution is -2.73. The molecule has 0 unspecified atom stereocenters. The largest absolute Gasteiger partial charge is 0.423 e. The maximum absolute atomic E-state index is 5.58. The van der Waals surface area contributed by atoms with Crippen LogP contribution in [0.25, 0.3) is 156 Å². The zero-order valence-electron chi connectivity index (χ0n) is 66.3. The Morgan fingerprint density at radius 2 is 0.533 bits per heavy atom. The third kappa shape index (κ3) is 11.0. The summed E-state index contributed by atoms with van der Waals surface area (Å²) in [6.45, 7) is -0.00298. The molecule has 10 aliphatic heterocycles. The molecule has 14 nitrogen and oxygen atoms in total. The molecule has 0 N–H and O–H groups in total. The summed E-state index contributed by atoms with van der Waals surface area (Å²) in [4.78, 5) is 21.7. The van der Waals surface area contributed by atoms with Crippen molar-refractivity contribution in [3.63, 3.8) is 0 Å². The highest BCUT2D eigenvalue weighted by molar-refractivity contribution is 6.93. The van der Waals surface area contributed by atoms with Crippen LogP contribution in [0.1, 0.15) is 11.5 Å². The van der Waals surface area contributed by atoms with Crippen LogP contribution < -0.4 is 0 Å². The molecule has 2 aliphatic carbocycles. The fourth-order valence-electron chi connectivity index (χ4n) is 20.6. The molecule has 12 aliphatic rings. The number of benzene rings is 10. The van der Waals surface area contributed by atoms with Gasteiger partial charge in [-0.05, 0) is 185 Å². The second-order valence-electron chi connectivity index (χ2n) is 32.4. The number of hydrogen-bond acceptors (Lipinski definition) is 12. The Labute approximate surface area is 710 Å². The fourth-order valence-corrected chi connectivity index (χ4v) is 20.6. The van der Waals surface area contributed by atoms with Gasteiger partial charge in [0.1, 0.15) is 0 Å². The highest BCUT2D eigenvalue weighted by Crippen LogP contribution is 2.51. The van der Waals surface area contributed by atoms with Crippen molar-refractivity contribution in [2.45, 2.75) is 0 Å². The van der Waals surface area contributed by atoms with Crippen LogP contribution in [0.2, 0.25) is 0 Å². The summed E-state index contributed by atoms with van der Waals surface area (Å²) in [7, 11) is 0. The highest BCUT2D eigenvalue weighted by Gasteiger charge is 2.52. The molecule has 2 saturated heterocycles. The van der Waals surface area contributed by atoms with Crippen molar-refractivity contribution >= 4 is 111 Å². The first-order valence-electron chi connectivity index (χ1n) is 42.1. The lowest BCUT2D eigenvalue weighted by atomic mass is 9.41. The van der Waals surface area contributed by atoms with Gasteiger partial charge in [-0.25, -0.2) is 15.0 Å². The van der Waals surface area contributed by atoms with E-state index in [-0.39, 0.29) is 55.9 Å². The second kappa shape index (κ2) is 28.2. The summed E-state index contributed by atoms with van der Waals surface area (Å²) in [5.41, 5.74) is 27.1. The van der Waals surface area contributed by atoms with Crippen molar-refractivity contribution in [2.24, 2.45) is 0 Å². The van der Waals surface area contributed by atoms with Crippen molar-refractivity contribution in [2.75, 3.05) is 0 Å². The lowest BCUT2D eigenvalue weighted by molar-refractivity contribution is 0.622. The number of hydrogen-bond donors (Lipinski definition) is 0. The summed E-state index contributed by atoms with van der Waals surface area (Å²) in [6, 6.07) is 83.6. The van der Waals surface area contributed by atoms with Gasteiger partial charge in [0.25, 0.3) is 0 Å². The van der Waals surface area contributed by atoms with E-state index in [1.54, 1.807) is 0 Å². The number of para-hydroxylation sites is 4. The van der Waals surface area contributed by atoms with Crippen molar-refractivity contribution in [3.8, 4) is 101 Å². The first-order valence-corrected chi connectivity index (χ1v) is 42.1. The van der Waals surface area contributed by atoms with Crippen molar-refractivity contribution in [1.82, 2.24) is 66.8 Å². The minimum Gasteiger partial charge on any atom is -0.423 e. The van der Waals surface area contributed by atoms with E-state index in [1.807, 2.05) is 12.4 Å². The molecule has 26 rings (SSSR count). The maximum Gasteiger partial charge on any atom is 0.380 e. The van der Waals surface area contributed by atoms with Gasteiger partial charge in [-0.1, -0.05) is 278 Å². The van der Waals surface area contributed by atoms with Crippen LogP contribution in [0, 0.1) is 0 Å². The quantitative estimate of drug-likeness (QED) is 0.157. The van der Waals surface area contributed by atoms with Crippen LogP contribution in [0.5, 0.6) is 0 Å². The zero-order chi connectivity index (χ0) is 80.0. The third-order valence-corrected chi connectivity index (χ3v) is 26.0. The topological polar surface area (TPSA) is 87.3 Å². The monoisotopic (exact) mass is 1550 g/mol. The minimum absolute atomic E-state index is 0.0346. The molecule has 0 radical (unpaired) electrons. The smallest absolute Gasteiger partial charge is 0.380 e. The average molecular weight is 1550 g/mol. The van der Waals surface area contributed by atoms with E-state index in [4.69, 9.17) is 19.9 Å². The molecule has 564 valence electrons. The van der Waals surface area contributed by atoms with Crippen LogP contribution >= 0.6 is 0 Å². The summed E-state index contributed by atoms with van der Waals surface area (Å²) in [5, 5.41) is 5.00. The van der Waals surface area contributed by atoms with E-state index in [9.17, 15) is 0 Å². The predicted molar refractivity (Wildman–Crippen MR) is 508 cm³/mol. The van der Waals surface area contributed by atoms with Gasteiger partial charge in [0, 0.05) is 72.5 Å². The molecule has 122 heavy (non-hydrogen) atoms. The molecule has 4 aromatic heterocycles. The maximum atomic E-state index is 5.58. The molecule has 2 fully saturated rings. The summed E-state index contributed by atoms with van der Waals surface area (Å²) in [5.74, 6) is 19.0. The molecular weight excluding hydrogens is 1480 g/mol. The lowest BCUT2D eigenvalue weighted by Gasteiger charge is -2.53. The predicted octanol–water partition coefficient (Wildman–Crippen LogP) is 20.1. The van der Waals surface area contributed by atoms with E-state index in [1.165, 1.54) is 65.9 Å². The van der Waals surface area contributed by atoms with E-state index in [0.29, 0.717) is 5.82 Å². The molecule has 22 heteroatoms. The Morgan fingerprint density at radius 1 is 0.221 bits per heavy atom. The number of rotatable bonds is 4. The van der Waals surface area contributed by atoms with Gasteiger partial charge >= 0.3 is 55.9 Å². The van der Waals surface area contributed by atoms with E-state index in [0.717, 1.165) is 95.4 Å². The molecule has 0 atom stereocenters.